The fraction of sp³-hybridized carbons (Fsp3) is 0.136. The molecule has 0 amide bonds. The van der Waals surface area contributed by atoms with Gasteiger partial charge >= 0.3 is 0 Å². The summed E-state index contributed by atoms with van der Waals surface area (Å²) >= 11 is 0. The van der Waals surface area contributed by atoms with E-state index in [0.717, 1.165) is 23.3 Å². The number of nitrogens with zero attached hydrogens (tertiary/aromatic N) is 1. The number of hydrogen-bond donors (Lipinski definition) is 2. The molecule has 0 spiro atoms. The van der Waals surface area contributed by atoms with Crippen molar-refractivity contribution in [2.24, 2.45) is 4.99 Å². The molecule has 3 nitrogen and oxygen atoms in total. The van der Waals surface area contributed by atoms with Gasteiger partial charge in [0.05, 0.1) is 5.71 Å². The molecule has 0 bridgehead atoms. The summed E-state index contributed by atoms with van der Waals surface area (Å²) in [6.45, 7) is 0. The van der Waals surface area contributed by atoms with E-state index in [1.54, 1.807) is 6.07 Å². The standard InChI is InChI=1S/C22H20N2O/c25-21-14-8-7-13-18(21)20-15-19(16-9-3-1-4-10-16)23-22(24-20)17-11-5-2-6-12-17/h1-14,19,22-23,25H,15H2. The molecule has 3 heteroatoms. The van der Waals surface area contributed by atoms with Gasteiger partial charge in [0, 0.05) is 18.0 Å². The van der Waals surface area contributed by atoms with Gasteiger partial charge in [-0.25, -0.2) is 0 Å². The predicted octanol–water partition coefficient (Wildman–Crippen LogP) is 4.61. The van der Waals surface area contributed by atoms with Crippen molar-refractivity contribution in [3.05, 3.63) is 102 Å². The predicted molar refractivity (Wildman–Crippen MR) is 101 cm³/mol. The maximum absolute atomic E-state index is 10.3. The molecule has 0 aromatic heterocycles. The molecule has 1 aliphatic heterocycles. The second kappa shape index (κ2) is 6.91. The van der Waals surface area contributed by atoms with Crippen molar-refractivity contribution in [1.29, 1.82) is 0 Å². The van der Waals surface area contributed by atoms with Crippen molar-refractivity contribution >= 4 is 5.71 Å². The van der Waals surface area contributed by atoms with Crippen molar-refractivity contribution in [1.82, 2.24) is 5.32 Å². The number of nitrogens with one attached hydrogen (secondary N) is 1. The average molecular weight is 328 g/mol. The monoisotopic (exact) mass is 328 g/mol. The van der Waals surface area contributed by atoms with Gasteiger partial charge < -0.3 is 5.11 Å². The van der Waals surface area contributed by atoms with E-state index in [1.807, 2.05) is 42.5 Å². The van der Waals surface area contributed by atoms with Gasteiger partial charge in [0.2, 0.25) is 0 Å². The van der Waals surface area contributed by atoms with Gasteiger partial charge in [-0.05, 0) is 23.3 Å². The minimum absolute atomic E-state index is 0.130. The molecule has 0 saturated heterocycles. The highest BCUT2D eigenvalue weighted by Gasteiger charge is 2.26. The highest BCUT2D eigenvalue weighted by molar-refractivity contribution is 6.03. The number of phenols is 1. The molecule has 1 aliphatic rings. The van der Waals surface area contributed by atoms with Crippen LogP contribution in [-0.4, -0.2) is 10.8 Å². The summed E-state index contributed by atoms with van der Waals surface area (Å²) in [6, 6.07) is 28.2. The van der Waals surface area contributed by atoms with Crippen LogP contribution in [0.5, 0.6) is 5.75 Å². The minimum atomic E-state index is -0.130. The lowest BCUT2D eigenvalue weighted by Crippen LogP contribution is -2.33. The van der Waals surface area contributed by atoms with Crippen molar-refractivity contribution < 1.29 is 5.11 Å². The van der Waals surface area contributed by atoms with Crippen LogP contribution in [0.15, 0.2) is 89.9 Å². The third-order valence-corrected chi connectivity index (χ3v) is 4.57. The van der Waals surface area contributed by atoms with Crippen LogP contribution >= 0.6 is 0 Å². The first-order chi connectivity index (χ1) is 12.3. The number of para-hydroxylation sites is 1. The second-order valence-corrected chi connectivity index (χ2v) is 6.24. The molecule has 1 heterocycles. The maximum Gasteiger partial charge on any atom is 0.126 e. The Morgan fingerprint density at radius 3 is 2.04 bits per heavy atom. The fourth-order valence-corrected chi connectivity index (χ4v) is 3.29. The first kappa shape index (κ1) is 15.6. The van der Waals surface area contributed by atoms with E-state index < -0.39 is 0 Å². The molecule has 0 aliphatic carbocycles. The molecule has 2 atom stereocenters. The van der Waals surface area contributed by atoms with Gasteiger partial charge in [-0.3, -0.25) is 10.3 Å². The average Bonchev–Trinajstić information content (AvgIpc) is 2.69. The first-order valence-electron chi connectivity index (χ1n) is 8.52. The topological polar surface area (TPSA) is 44.6 Å². The Hall–Kier alpha value is -2.91. The van der Waals surface area contributed by atoms with Crippen LogP contribution < -0.4 is 5.32 Å². The van der Waals surface area contributed by atoms with Crippen LogP contribution in [0.4, 0.5) is 0 Å². The lowest BCUT2D eigenvalue weighted by atomic mass is 9.93. The maximum atomic E-state index is 10.3. The summed E-state index contributed by atoms with van der Waals surface area (Å²) in [5, 5.41) is 13.9. The largest absolute Gasteiger partial charge is 0.507 e. The highest BCUT2D eigenvalue weighted by Crippen LogP contribution is 2.32. The first-order valence-corrected chi connectivity index (χ1v) is 8.52. The SMILES string of the molecule is Oc1ccccc1C1=NC(c2ccccc2)NC(c2ccccc2)C1. The molecule has 124 valence electrons. The van der Waals surface area contributed by atoms with Crippen molar-refractivity contribution in [2.45, 2.75) is 18.6 Å². The van der Waals surface area contributed by atoms with Gasteiger partial charge in [0.1, 0.15) is 11.9 Å². The van der Waals surface area contributed by atoms with E-state index in [-0.39, 0.29) is 18.0 Å². The Morgan fingerprint density at radius 2 is 1.36 bits per heavy atom. The van der Waals surface area contributed by atoms with Crippen LogP contribution in [0.2, 0.25) is 0 Å². The summed E-state index contributed by atoms with van der Waals surface area (Å²) in [4.78, 5) is 4.90. The fourth-order valence-electron chi connectivity index (χ4n) is 3.29. The zero-order valence-electron chi connectivity index (χ0n) is 13.8. The third-order valence-electron chi connectivity index (χ3n) is 4.57. The third kappa shape index (κ3) is 3.32. The number of aromatic hydroxyl groups is 1. The summed E-state index contributed by atoms with van der Waals surface area (Å²) in [5.41, 5.74) is 4.09. The molecular weight excluding hydrogens is 308 g/mol. The second-order valence-electron chi connectivity index (χ2n) is 6.24. The zero-order valence-corrected chi connectivity index (χ0v) is 13.8. The Kier molecular flexibility index (Phi) is 4.32. The molecule has 4 rings (SSSR count). The van der Waals surface area contributed by atoms with Crippen LogP contribution in [-0.2, 0) is 0 Å². The lowest BCUT2D eigenvalue weighted by molar-refractivity contribution is 0.439. The summed E-state index contributed by atoms with van der Waals surface area (Å²) in [5.74, 6) is 0.279. The summed E-state index contributed by atoms with van der Waals surface area (Å²) < 4.78 is 0. The van der Waals surface area contributed by atoms with Crippen molar-refractivity contribution in [2.75, 3.05) is 0 Å². The molecular formula is C22H20N2O. The number of hydrogen-bond acceptors (Lipinski definition) is 3. The van der Waals surface area contributed by atoms with Gasteiger partial charge in [0.25, 0.3) is 0 Å². The van der Waals surface area contributed by atoms with E-state index in [4.69, 9.17) is 4.99 Å². The normalized spacial score (nSPS) is 20.1. The summed E-state index contributed by atoms with van der Waals surface area (Å²) in [7, 11) is 0. The van der Waals surface area contributed by atoms with E-state index >= 15 is 0 Å². The molecule has 2 unspecified atom stereocenters. The number of benzene rings is 3. The number of aliphatic imine (C=N–C) groups is 1. The molecule has 0 fully saturated rings. The van der Waals surface area contributed by atoms with Gasteiger partial charge in [-0.2, -0.15) is 0 Å². The van der Waals surface area contributed by atoms with Crippen LogP contribution in [0.1, 0.15) is 35.3 Å². The van der Waals surface area contributed by atoms with Gasteiger partial charge in [-0.1, -0.05) is 72.8 Å². The smallest absolute Gasteiger partial charge is 0.126 e. The Labute approximate surface area is 147 Å². The van der Waals surface area contributed by atoms with E-state index in [9.17, 15) is 5.11 Å². The molecule has 0 saturated carbocycles. The zero-order chi connectivity index (χ0) is 17.1. The Bertz CT molecular complexity index is 875. The minimum Gasteiger partial charge on any atom is -0.507 e. The van der Waals surface area contributed by atoms with Crippen molar-refractivity contribution in [3.8, 4) is 5.75 Å². The molecule has 2 N–H and O–H groups in total. The summed E-state index contributed by atoms with van der Waals surface area (Å²) in [6.07, 6.45) is 0.611. The molecule has 25 heavy (non-hydrogen) atoms. The van der Waals surface area contributed by atoms with E-state index in [2.05, 4.69) is 41.7 Å². The van der Waals surface area contributed by atoms with Crippen LogP contribution in [0, 0.1) is 0 Å². The lowest BCUT2D eigenvalue weighted by Gasteiger charge is -2.30. The molecule has 3 aromatic carbocycles. The quantitative estimate of drug-likeness (QED) is 0.737. The van der Waals surface area contributed by atoms with Crippen molar-refractivity contribution in [3.63, 3.8) is 0 Å². The highest BCUT2D eigenvalue weighted by atomic mass is 16.3. The number of phenolic OH excluding ortho intramolecular Hbond substituents is 1. The molecule has 0 radical (unpaired) electrons. The molecule has 3 aromatic rings. The van der Waals surface area contributed by atoms with Crippen LogP contribution in [0.3, 0.4) is 0 Å². The number of rotatable bonds is 3. The van der Waals surface area contributed by atoms with E-state index in [0.29, 0.717) is 0 Å². The van der Waals surface area contributed by atoms with E-state index in [1.165, 1.54) is 5.56 Å². The van der Waals surface area contributed by atoms with Crippen LogP contribution in [0.25, 0.3) is 0 Å². The van der Waals surface area contributed by atoms with Gasteiger partial charge in [0.15, 0.2) is 0 Å². The Balaban J connectivity index is 1.76. The van der Waals surface area contributed by atoms with Gasteiger partial charge in [-0.15, -0.1) is 0 Å². The Morgan fingerprint density at radius 1 is 0.760 bits per heavy atom.